The molecule has 4 heteroatoms. The fraction of sp³-hybridized carbons (Fsp3) is 0.571. The lowest BCUT2D eigenvalue weighted by Crippen LogP contribution is -2.14. The quantitative estimate of drug-likeness (QED) is 0.478. The fourth-order valence-corrected chi connectivity index (χ4v) is 4.59. The Morgan fingerprint density at radius 2 is 1.96 bits per heavy atom. The highest BCUT2D eigenvalue weighted by atomic mass is 32.2. The van der Waals surface area contributed by atoms with Crippen LogP contribution in [0, 0.1) is 11.8 Å². The molecule has 0 radical (unpaired) electrons. The molecule has 2 rings (SSSR count). The zero-order chi connectivity index (χ0) is 17.9. The summed E-state index contributed by atoms with van der Waals surface area (Å²) >= 11 is 2.77. The number of hydrogen-bond donors (Lipinski definition) is 0. The molecule has 1 aromatic carbocycles. The second-order valence-corrected chi connectivity index (χ2v) is 8.78. The van der Waals surface area contributed by atoms with Crippen LogP contribution in [-0.4, -0.2) is 23.1 Å². The van der Waals surface area contributed by atoms with Crippen LogP contribution < -0.4 is 0 Å². The summed E-state index contributed by atoms with van der Waals surface area (Å²) in [6, 6.07) is 10.3. The molecule has 1 aliphatic carbocycles. The summed E-state index contributed by atoms with van der Waals surface area (Å²) in [5, 5.41) is 0. The summed E-state index contributed by atoms with van der Waals surface area (Å²) in [6.45, 7) is 3.61. The minimum atomic E-state index is 0.217. The van der Waals surface area contributed by atoms with Crippen LogP contribution in [0.4, 0.5) is 4.79 Å². The van der Waals surface area contributed by atoms with Gasteiger partial charge in [-0.15, -0.1) is 0 Å². The third-order valence-electron chi connectivity index (χ3n) is 4.64. The van der Waals surface area contributed by atoms with Gasteiger partial charge in [0.1, 0.15) is 0 Å². The zero-order valence-corrected chi connectivity index (χ0v) is 17.0. The average Bonchev–Trinajstić information content (AvgIpc) is 2.66. The Labute approximate surface area is 161 Å². The first-order chi connectivity index (χ1) is 12.2. The van der Waals surface area contributed by atoms with Gasteiger partial charge in [0.05, 0.1) is 13.2 Å². The summed E-state index contributed by atoms with van der Waals surface area (Å²) in [7, 11) is 0. The smallest absolute Gasteiger partial charge is 0.246 e. The first-order valence-electron chi connectivity index (χ1n) is 9.22. The van der Waals surface area contributed by atoms with Gasteiger partial charge in [-0.2, -0.15) is 0 Å². The normalized spacial score (nSPS) is 17.4. The van der Waals surface area contributed by atoms with Crippen molar-refractivity contribution >= 4 is 28.0 Å². The van der Waals surface area contributed by atoms with Crippen LogP contribution in [0.1, 0.15) is 44.6 Å². The van der Waals surface area contributed by atoms with Gasteiger partial charge in [0.25, 0.3) is 0 Å². The van der Waals surface area contributed by atoms with Gasteiger partial charge < -0.3 is 4.74 Å². The topological polar surface area (TPSA) is 26.3 Å². The second-order valence-electron chi connectivity index (χ2n) is 6.80. The van der Waals surface area contributed by atoms with Gasteiger partial charge in [0.15, 0.2) is 0 Å². The molecule has 0 bridgehead atoms. The minimum absolute atomic E-state index is 0.217. The summed E-state index contributed by atoms with van der Waals surface area (Å²) in [6.07, 6.45) is 10.8. The summed E-state index contributed by atoms with van der Waals surface area (Å²) < 4.78 is 6.11. The minimum Gasteiger partial charge on any atom is -0.376 e. The van der Waals surface area contributed by atoms with E-state index < -0.39 is 0 Å². The standard InChI is InChI=1S/C21H30O2S2/c1-17(14-23-15-18-9-5-3-6-10-18)13-20(16-25-21(22)24-2)19-11-7-4-8-12-19/h3,5-6,9-10,13,17,19H,4,7-8,11-12,14-16H2,1-2H3/b20-13-. The summed E-state index contributed by atoms with van der Waals surface area (Å²) in [5.74, 6) is 1.88. The van der Waals surface area contributed by atoms with Gasteiger partial charge >= 0.3 is 0 Å². The molecule has 0 aromatic heterocycles. The van der Waals surface area contributed by atoms with E-state index in [0.717, 1.165) is 12.4 Å². The van der Waals surface area contributed by atoms with Crippen LogP contribution in [-0.2, 0) is 11.3 Å². The highest BCUT2D eigenvalue weighted by molar-refractivity contribution is 8.38. The number of rotatable bonds is 8. The van der Waals surface area contributed by atoms with E-state index in [1.165, 1.54) is 66.8 Å². The van der Waals surface area contributed by atoms with Gasteiger partial charge in [0, 0.05) is 5.75 Å². The third kappa shape index (κ3) is 8.02. The van der Waals surface area contributed by atoms with Crippen LogP contribution in [0.3, 0.4) is 0 Å². The average molecular weight is 379 g/mol. The number of ether oxygens (including phenoxy) is 1. The first-order valence-corrected chi connectivity index (χ1v) is 11.4. The van der Waals surface area contributed by atoms with Crippen LogP contribution in [0.15, 0.2) is 42.0 Å². The third-order valence-corrected chi connectivity index (χ3v) is 6.54. The van der Waals surface area contributed by atoms with E-state index >= 15 is 0 Å². The predicted molar refractivity (Wildman–Crippen MR) is 111 cm³/mol. The van der Waals surface area contributed by atoms with E-state index in [-0.39, 0.29) is 4.45 Å². The molecule has 0 spiro atoms. The number of benzene rings is 1. The van der Waals surface area contributed by atoms with Crippen molar-refractivity contribution < 1.29 is 9.53 Å². The monoisotopic (exact) mass is 378 g/mol. The Bertz CT molecular complexity index is 536. The van der Waals surface area contributed by atoms with Crippen molar-refractivity contribution in [3.8, 4) is 0 Å². The Balaban J connectivity index is 1.87. The molecule has 1 unspecified atom stereocenters. The van der Waals surface area contributed by atoms with E-state index in [1.807, 2.05) is 24.5 Å². The molecule has 1 saturated carbocycles. The van der Waals surface area contributed by atoms with E-state index in [1.54, 1.807) is 0 Å². The van der Waals surface area contributed by atoms with Crippen molar-refractivity contribution in [3.63, 3.8) is 0 Å². The lowest BCUT2D eigenvalue weighted by molar-refractivity contribution is 0.103. The van der Waals surface area contributed by atoms with E-state index in [2.05, 4.69) is 25.1 Å². The second kappa shape index (κ2) is 11.8. The van der Waals surface area contributed by atoms with Crippen molar-refractivity contribution in [3.05, 3.63) is 47.5 Å². The highest BCUT2D eigenvalue weighted by Crippen LogP contribution is 2.33. The molecule has 2 nitrogen and oxygen atoms in total. The van der Waals surface area contributed by atoms with E-state index in [4.69, 9.17) is 4.74 Å². The molecule has 0 amide bonds. The molecule has 1 fully saturated rings. The van der Waals surface area contributed by atoms with Crippen LogP contribution >= 0.6 is 23.5 Å². The zero-order valence-electron chi connectivity index (χ0n) is 15.4. The molecule has 0 aliphatic heterocycles. The maximum Gasteiger partial charge on any atom is 0.246 e. The van der Waals surface area contributed by atoms with E-state index in [9.17, 15) is 4.79 Å². The summed E-state index contributed by atoms with van der Waals surface area (Å²) in [5.41, 5.74) is 2.68. The van der Waals surface area contributed by atoms with Crippen molar-refractivity contribution in [1.29, 1.82) is 0 Å². The van der Waals surface area contributed by atoms with Crippen LogP contribution in [0.5, 0.6) is 0 Å². The molecule has 25 heavy (non-hydrogen) atoms. The maximum atomic E-state index is 11.7. The lowest BCUT2D eigenvalue weighted by Gasteiger charge is -2.25. The number of carbonyl (C=O) groups excluding carboxylic acids is 1. The van der Waals surface area contributed by atoms with Crippen molar-refractivity contribution in [2.45, 2.75) is 45.6 Å². The molecule has 0 N–H and O–H groups in total. The predicted octanol–water partition coefficient (Wildman–Crippen LogP) is 6.56. The molecular formula is C21H30O2S2. The van der Waals surface area contributed by atoms with Crippen molar-refractivity contribution in [2.24, 2.45) is 11.8 Å². The molecular weight excluding hydrogens is 348 g/mol. The maximum absolute atomic E-state index is 11.7. The summed E-state index contributed by atoms with van der Waals surface area (Å²) in [4.78, 5) is 11.7. The number of hydrogen-bond acceptors (Lipinski definition) is 4. The largest absolute Gasteiger partial charge is 0.376 e. The molecule has 138 valence electrons. The van der Waals surface area contributed by atoms with Gasteiger partial charge in [-0.3, -0.25) is 4.79 Å². The molecule has 1 atom stereocenters. The Hall–Kier alpha value is -0.710. The Morgan fingerprint density at radius 1 is 1.24 bits per heavy atom. The number of carbonyl (C=O) groups is 1. The molecule has 1 aromatic rings. The van der Waals surface area contributed by atoms with Crippen molar-refractivity contribution in [1.82, 2.24) is 0 Å². The molecule has 0 saturated heterocycles. The Morgan fingerprint density at radius 3 is 2.64 bits per heavy atom. The van der Waals surface area contributed by atoms with E-state index in [0.29, 0.717) is 18.4 Å². The van der Waals surface area contributed by atoms with Crippen LogP contribution in [0.25, 0.3) is 0 Å². The highest BCUT2D eigenvalue weighted by Gasteiger charge is 2.19. The SMILES string of the molecule is CSC(=O)SC/C(=C/C(C)COCc1ccccc1)C1CCCCC1. The lowest BCUT2D eigenvalue weighted by atomic mass is 9.83. The van der Waals surface area contributed by atoms with Gasteiger partial charge in [-0.1, -0.05) is 91.7 Å². The van der Waals surface area contributed by atoms with Gasteiger partial charge in [-0.25, -0.2) is 0 Å². The Kier molecular flexibility index (Phi) is 9.74. The first kappa shape index (κ1) is 20.6. The fourth-order valence-electron chi connectivity index (χ4n) is 3.33. The van der Waals surface area contributed by atoms with Gasteiger partial charge in [-0.05, 0) is 36.5 Å². The van der Waals surface area contributed by atoms with Crippen molar-refractivity contribution in [2.75, 3.05) is 18.6 Å². The molecule has 1 aliphatic rings. The molecule has 0 heterocycles. The van der Waals surface area contributed by atoms with Gasteiger partial charge in [0.2, 0.25) is 4.45 Å². The number of thioether (sulfide) groups is 2. The van der Waals surface area contributed by atoms with Crippen LogP contribution in [0.2, 0.25) is 0 Å².